The van der Waals surface area contributed by atoms with E-state index in [1.807, 2.05) is 0 Å². The molecule has 0 aliphatic carbocycles. The molecule has 0 aromatic carbocycles. The molecule has 2 heteroatoms. The van der Waals surface area contributed by atoms with E-state index < -0.39 is 0 Å². The highest BCUT2D eigenvalue weighted by molar-refractivity contribution is 5.01. The SMILES string of the molecule is CCCC1C(CCC)C(C(C)(C)C(C)(C)C)CCCCOCCCC(C(C)(C)C(C)(C)C)C(CCC)C(CCC)C(C(C)(C)C(C)(C)C)CCCOCCCCC1C(C)(C)C(C)(C)C. The van der Waals surface area contributed by atoms with E-state index in [9.17, 15) is 0 Å². The van der Waals surface area contributed by atoms with Crippen molar-refractivity contribution in [1.29, 1.82) is 0 Å². The average Bonchev–Trinajstić information content (AvgIpc) is 3.14. The molecule has 0 bridgehead atoms. The van der Waals surface area contributed by atoms with Crippen LogP contribution in [0.15, 0.2) is 0 Å². The molecular weight excluding hydrogens is 777 g/mol. The van der Waals surface area contributed by atoms with Gasteiger partial charge in [0.2, 0.25) is 0 Å². The second-order valence-electron chi connectivity index (χ2n) is 28.6. The molecule has 1 aliphatic heterocycles. The van der Waals surface area contributed by atoms with E-state index in [4.69, 9.17) is 9.47 Å². The number of rotatable bonds is 12. The Morgan fingerprint density at radius 2 is 0.469 bits per heavy atom. The Morgan fingerprint density at radius 3 is 0.656 bits per heavy atom. The van der Waals surface area contributed by atoms with E-state index in [-0.39, 0.29) is 43.3 Å². The van der Waals surface area contributed by atoms with Gasteiger partial charge in [-0.15, -0.1) is 0 Å². The Kier molecular flexibility index (Phi) is 25.4. The highest BCUT2D eigenvalue weighted by atomic mass is 16.5. The predicted octanol–water partition coefficient (Wildman–Crippen LogP) is 20.4. The summed E-state index contributed by atoms with van der Waals surface area (Å²) in [7, 11) is 0. The lowest BCUT2D eigenvalue weighted by molar-refractivity contribution is -0.0655. The van der Waals surface area contributed by atoms with Gasteiger partial charge in [-0.3, -0.25) is 0 Å². The van der Waals surface area contributed by atoms with Gasteiger partial charge in [0.25, 0.3) is 0 Å². The first-order valence-corrected chi connectivity index (χ1v) is 28.4. The molecule has 8 atom stereocenters. The molecule has 0 N–H and O–H groups in total. The van der Waals surface area contributed by atoms with Crippen molar-refractivity contribution in [3.8, 4) is 0 Å². The fourth-order valence-corrected chi connectivity index (χ4v) is 13.0. The normalized spacial score (nSPS) is 28.1. The maximum atomic E-state index is 6.72. The van der Waals surface area contributed by atoms with Crippen molar-refractivity contribution in [2.24, 2.45) is 90.7 Å². The molecular formula is C62H124O2. The third-order valence-corrected chi connectivity index (χ3v) is 20.8. The van der Waals surface area contributed by atoms with Crippen molar-refractivity contribution in [3.63, 3.8) is 0 Å². The van der Waals surface area contributed by atoms with Crippen LogP contribution in [0.4, 0.5) is 0 Å². The maximum absolute atomic E-state index is 6.72. The smallest absolute Gasteiger partial charge is 0.0466 e. The topological polar surface area (TPSA) is 18.5 Å². The van der Waals surface area contributed by atoms with Crippen LogP contribution in [0.3, 0.4) is 0 Å². The van der Waals surface area contributed by atoms with Gasteiger partial charge in [-0.05, 0) is 142 Å². The minimum Gasteiger partial charge on any atom is -0.381 e. The lowest BCUT2D eigenvalue weighted by Crippen LogP contribution is -2.48. The molecule has 64 heavy (non-hydrogen) atoms. The van der Waals surface area contributed by atoms with E-state index in [1.165, 1.54) is 116 Å². The molecule has 1 fully saturated rings. The average molecular weight is 902 g/mol. The van der Waals surface area contributed by atoms with Crippen molar-refractivity contribution in [1.82, 2.24) is 0 Å². The molecule has 8 unspecified atom stereocenters. The van der Waals surface area contributed by atoms with Crippen molar-refractivity contribution in [3.05, 3.63) is 0 Å². The van der Waals surface area contributed by atoms with Gasteiger partial charge in [0.15, 0.2) is 0 Å². The Hall–Kier alpha value is -0.0800. The van der Waals surface area contributed by atoms with Gasteiger partial charge in [-0.1, -0.05) is 230 Å². The highest BCUT2D eigenvalue weighted by Crippen LogP contribution is 2.59. The van der Waals surface area contributed by atoms with E-state index in [2.05, 4.69) is 166 Å². The highest BCUT2D eigenvalue weighted by Gasteiger charge is 2.52. The molecule has 1 saturated heterocycles. The fourth-order valence-electron chi connectivity index (χ4n) is 13.0. The molecule has 0 aromatic rings. The van der Waals surface area contributed by atoms with Gasteiger partial charge in [0.05, 0.1) is 0 Å². The molecule has 0 spiro atoms. The summed E-state index contributed by atoms with van der Waals surface area (Å²) in [4.78, 5) is 0. The Bertz CT molecular complexity index is 1030. The summed E-state index contributed by atoms with van der Waals surface area (Å²) in [5.74, 6) is 5.57. The van der Waals surface area contributed by atoms with Crippen molar-refractivity contribution in [2.75, 3.05) is 26.4 Å². The van der Waals surface area contributed by atoms with Crippen LogP contribution in [-0.4, -0.2) is 26.4 Å². The van der Waals surface area contributed by atoms with Gasteiger partial charge in [-0.25, -0.2) is 0 Å². The Morgan fingerprint density at radius 1 is 0.281 bits per heavy atom. The quantitative estimate of drug-likeness (QED) is 0.194. The van der Waals surface area contributed by atoms with E-state index in [0.717, 1.165) is 38.3 Å². The van der Waals surface area contributed by atoms with E-state index in [1.54, 1.807) is 0 Å². The summed E-state index contributed by atoms with van der Waals surface area (Å²) < 4.78 is 13.4. The molecule has 0 saturated carbocycles. The third kappa shape index (κ3) is 16.5. The first-order valence-electron chi connectivity index (χ1n) is 28.4. The lowest BCUT2D eigenvalue weighted by atomic mass is 9.50. The first kappa shape index (κ1) is 61.9. The summed E-state index contributed by atoms with van der Waals surface area (Å²) >= 11 is 0. The Labute approximate surface area is 406 Å². The van der Waals surface area contributed by atoms with Crippen LogP contribution in [0.1, 0.15) is 282 Å². The largest absolute Gasteiger partial charge is 0.381 e. The lowest BCUT2D eigenvalue weighted by Gasteiger charge is -2.55. The van der Waals surface area contributed by atoms with Crippen molar-refractivity contribution < 1.29 is 9.47 Å². The second-order valence-corrected chi connectivity index (χ2v) is 28.6. The van der Waals surface area contributed by atoms with Gasteiger partial charge in [0.1, 0.15) is 0 Å². The van der Waals surface area contributed by atoms with Crippen LogP contribution in [0, 0.1) is 90.7 Å². The summed E-state index contributed by atoms with van der Waals surface area (Å²) in [6, 6.07) is 0. The molecule has 0 amide bonds. The van der Waals surface area contributed by atoms with Gasteiger partial charge in [-0.2, -0.15) is 0 Å². The molecule has 2 nitrogen and oxygen atoms in total. The van der Waals surface area contributed by atoms with Crippen molar-refractivity contribution >= 4 is 0 Å². The van der Waals surface area contributed by atoms with Crippen molar-refractivity contribution in [2.45, 2.75) is 282 Å². The molecule has 1 rings (SSSR count). The Balaban J connectivity index is 3.90. The maximum Gasteiger partial charge on any atom is 0.0466 e. The summed E-state index contributed by atoms with van der Waals surface area (Å²) in [6.45, 7) is 65.0. The summed E-state index contributed by atoms with van der Waals surface area (Å²) in [5, 5.41) is 0. The minimum atomic E-state index is 0.212. The van der Waals surface area contributed by atoms with Crippen LogP contribution in [-0.2, 0) is 9.47 Å². The fraction of sp³-hybridized carbons (Fsp3) is 1.00. The zero-order valence-electron chi connectivity index (χ0n) is 49.0. The second kappa shape index (κ2) is 26.2. The van der Waals surface area contributed by atoms with Crippen LogP contribution in [0.2, 0.25) is 0 Å². The third-order valence-electron chi connectivity index (χ3n) is 20.8. The van der Waals surface area contributed by atoms with Crippen LogP contribution < -0.4 is 0 Å². The monoisotopic (exact) mass is 901 g/mol. The molecule has 384 valence electrons. The number of hydrogen-bond acceptors (Lipinski definition) is 2. The molecule has 1 heterocycles. The van der Waals surface area contributed by atoms with Gasteiger partial charge in [0, 0.05) is 26.4 Å². The van der Waals surface area contributed by atoms with Gasteiger partial charge < -0.3 is 9.47 Å². The van der Waals surface area contributed by atoms with Crippen LogP contribution >= 0.6 is 0 Å². The first-order chi connectivity index (χ1) is 29.2. The van der Waals surface area contributed by atoms with E-state index >= 15 is 0 Å². The standard InChI is InChI=1S/C62H124O2/c1-25-35-47-48(36-26-2)52(60(19,20)56(8,9)10)40-30-32-44-64-46-34-42-54(62(23,24)58(14,15)16)50(38-28-4)49(37-27-3)53(61(21,22)57(11,12)13)41-33-45-63-43-31-29-39-51(47)59(17,18)55(5,6)7/h47-54H,25-46H2,1-24H3. The summed E-state index contributed by atoms with van der Waals surface area (Å²) in [5.41, 5.74) is 1.80. The number of ether oxygens (including phenoxy) is 2. The molecule has 0 aromatic heterocycles. The predicted molar refractivity (Wildman–Crippen MR) is 288 cm³/mol. The van der Waals surface area contributed by atoms with Crippen LogP contribution in [0.5, 0.6) is 0 Å². The zero-order chi connectivity index (χ0) is 49.6. The summed E-state index contributed by atoms with van der Waals surface area (Å²) in [6.07, 6.45) is 22.9. The number of hydrogen-bond donors (Lipinski definition) is 0. The minimum absolute atomic E-state index is 0.212. The van der Waals surface area contributed by atoms with Crippen LogP contribution in [0.25, 0.3) is 0 Å². The van der Waals surface area contributed by atoms with E-state index in [0.29, 0.717) is 35.5 Å². The molecule has 1 aliphatic rings. The van der Waals surface area contributed by atoms with Gasteiger partial charge >= 0.3 is 0 Å². The zero-order valence-corrected chi connectivity index (χ0v) is 49.0. The molecule has 0 radical (unpaired) electrons.